The highest BCUT2D eigenvalue weighted by Crippen LogP contribution is 2.31. The van der Waals surface area contributed by atoms with Crippen molar-refractivity contribution in [3.05, 3.63) is 22.8 Å². The molecule has 19 heavy (non-hydrogen) atoms. The number of nitrogens with one attached hydrogen (secondary N) is 1. The first kappa shape index (κ1) is 13.4. The van der Waals surface area contributed by atoms with Crippen molar-refractivity contribution in [1.29, 1.82) is 0 Å². The molecule has 0 unspecified atom stereocenters. The molecule has 1 saturated carbocycles. The molecule has 1 N–H and O–H groups in total. The van der Waals surface area contributed by atoms with E-state index >= 15 is 0 Å². The van der Waals surface area contributed by atoms with Gasteiger partial charge in [-0.05, 0) is 19.3 Å². The van der Waals surface area contributed by atoms with Crippen LogP contribution >= 0.6 is 11.8 Å². The minimum absolute atomic E-state index is 0.853. The van der Waals surface area contributed by atoms with Crippen molar-refractivity contribution in [2.45, 2.75) is 63.0 Å². The van der Waals surface area contributed by atoms with Gasteiger partial charge in [0, 0.05) is 36.0 Å². The van der Waals surface area contributed by atoms with Gasteiger partial charge in [-0.3, -0.25) is 0 Å². The summed E-state index contributed by atoms with van der Waals surface area (Å²) in [7, 11) is 0. The lowest BCUT2D eigenvalue weighted by atomic mass is 10.0. The van der Waals surface area contributed by atoms with Crippen molar-refractivity contribution in [1.82, 2.24) is 15.3 Å². The Morgan fingerprint density at radius 2 is 2.11 bits per heavy atom. The van der Waals surface area contributed by atoms with E-state index in [9.17, 15) is 0 Å². The number of hydrogen-bond donors (Lipinski definition) is 1. The highest BCUT2D eigenvalue weighted by Gasteiger charge is 2.19. The number of aryl methyl sites for hydroxylation is 1. The van der Waals surface area contributed by atoms with Gasteiger partial charge >= 0.3 is 0 Å². The highest BCUT2D eigenvalue weighted by atomic mass is 32.2. The van der Waals surface area contributed by atoms with Crippen LogP contribution in [0.5, 0.6) is 0 Å². The van der Waals surface area contributed by atoms with E-state index in [0.29, 0.717) is 0 Å². The molecular formula is C15H23N3S. The van der Waals surface area contributed by atoms with E-state index in [0.717, 1.165) is 42.8 Å². The fourth-order valence-corrected chi connectivity index (χ4v) is 4.25. The number of fused-ring (bicyclic) bond motifs is 1. The zero-order chi connectivity index (χ0) is 13.1. The molecule has 0 radical (unpaired) electrons. The first-order valence-electron chi connectivity index (χ1n) is 7.56. The highest BCUT2D eigenvalue weighted by molar-refractivity contribution is 7.99. The van der Waals surface area contributed by atoms with E-state index in [1.54, 1.807) is 0 Å². The minimum Gasteiger partial charge on any atom is -0.312 e. The Morgan fingerprint density at radius 3 is 2.89 bits per heavy atom. The number of rotatable bonds is 4. The van der Waals surface area contributed by atoms with Crippen molar-refractivity contribution in [3.63, 3.8) is 0 Å². The molecule has 3 rings (SSSR count). The minimum atomic E-state index is 0.853. The van der Waals surface area contributed by atoms with Gasteiger partial charge < -0.3 is 5.32 Å². The molecule has 1 aromatic rings. The molecule has 0 amide bonds. The summed E-state index contributed by atoms with van der Waals surface area (Å²) in [6, 6.07) is 0. The molecule has 2 heterocycles. The maximum Gasteiger partial charge on any atom is 0.138 e. The third-order valence-electron chi connectivity index (χ3n) is 4.15. The van der Waals surface area contributed by atoms with Gasteiger partial charge in [-0.1, -0.05) is 19.8 Å². The fourth-order valence-electron chi connectivity index (χ4n) is 3.07. The summed E-state index contributed by atoms with van der Waals surface area (Å²) in [6.07, 6.45) is 7.68. The van der Waals surface area contributed by atoms with Gasteiger partial charge in [0.05, 0.1) is 11.4 Å². The molecule has 3 nitrogen and oxygen atoms in total. The summed E-state index contributed by atoms with van der Waals surface area (Å²) in [4.78, 5) is 9.60. The molecule has 1 fully saturated rings. The lowest BCUT2D eigenvalue weighted by Crippen LogP contribution is -2.27. The van der Waals surface area contributed by atoms with Gasteiger partial charge in [0.15, 0.2) is 0 Å². The quantitative estimate of drug-likeness (QED) is 0.918. The molecule has 0 aromatic carbocycles. The van der Waals surface area contributed by atoms with Crippen LogP contribution in [0.3, 0.4) is 0 Å². The number of aromatic nitrogens is 2. The summed E-state index contributed by atoms with van der Waals surface area (Å²) >= 11 is 2.07. The summed E-state index contributed by atoms with van der Waals surface area (Å²) < 4.78 is 0. The maximum atomic E-state index is 4.81. The van der Waals surface area contributed by atoms with Gasteiger partial charge in [0.25, 0.3) is 0 Å². The third-order valence-corrected chi connectivity index (χ3v) is 5.52. The van der Waals surface area contributed by atoms with E-state index in [2.05, 4.69) is 24.0 Å². The normalized spacial score (nSPS) is 19.6. The molecule has 1 aliphatic heterocycles. The average Bonchev–Trinajstić information content (AvgIpc) is 2.97. The standard InChI is InChI=1S/C15H23N3S/c1-2-13-12-9-16-8-7-14(12)18-15(17-13)10-19-11-5-3-4-6-11/h11,16H,2-10H2,1H3. The summed E-state index contributed by atoms with van der Waals surface area (Å²) in [5.41, 5.74) is 3.93. The molecule has 0 saturated heterocycles. The monoisotopic (exact) mass is 277 g/mol. The van der Waals surface area contributed by atoms with Crippen LogP contribution in [0.1, 0.15) is 55.4 Å². The van der Waals surface area contributed by atoms with Crippen molar-refractivity contribution >= 4 is 11.8 Å². The number of nitrogens with zero attached hydrogens (tertiary/aromatic N) is 2. The van der Waals surface area contributed by atoms with Crippen molar-refractivity contribution in [2.75, 3.05) is 6.54 Å². The molecule has 0 bridgehead atoms. The smallest absolute Gasteiger partial charge is 0.138 e. The van der Waals surface area contributed by atoms with Crippen LogP contribution in [-0.4, -0.2) is 21.8 Å². The molecule has 4 heteroatoms. The molecule has 104 valence electrons. The molecule has 2 aliphatic rings. The predicted molar refractivity (Wildman–Crippen MR) is 80.4 cm³/mol. The third kappa shape index (κ3) is 3.11. The van der Waals surface area contributed by atoms with Crippen LogP contribution in [0.2, 0.25) is 0 Å². The molecular weight excluding hydrogens is 254 g/mol. The average molecular weight is 277 g/mol. The largest absolute Gasteiger partial charge is 0.312 e. The first-order chi connectivity index (χ1) is 9.36. The molecule has 0 spiro atoms. The van der Waals surface area contributed by atoms with Crippen molar-refractivity contribution in [2.24, 2.45) is 0 Å². The van der Waals surface area contributed by atoms with Crippen LogP contribution in [0.15, 0.2) is 0 Å². The van der Waals surface area contributed by atoms with Gasteiger partial charge in [0.2, 0.25) is 0 Å². The number of hydrogen-bond acceptors (Lipinski definition) is 4. The SMILES string of the molecule is CCc1nc(CSC2CCCC2)nc2c1CNCC2. The van der Waals surface area contributed by atoms with Gasteiger partial charge in [-0.2, -0.15) is 11.8 Å². The zero-order valence-corrected chi connectivity index (χ0v) is 12.6. The first-order valence-corrected chi connectivity index (χ1v) is 8.61. The van der Waals surface area contributed by atoms with Crippen LogP contribution < -0.4 is 5.32 Å². The maximum absolute atomic E-state index is 4.81. The van der Waals surface area contributed by atoms with E-state index in [1.807, 2.05) is 0 Å². The van der Waals surface area contributed by atoms with Crippen molar-refractivity contribution in [3.8, 4) is 0 Å². The lowest BCUT2D eigenvalue weighted by Gasteiger charge is -2.20. The van der Waals surface area contributed by atoms with Crippen LogP contribution in [0.4, 0.5) is 0 Å². The van der Waals surface area contributed by atoms with E-state index in [1.165, 1.54) is 42.6 Å². The second-order valence-electron chi connectivity index (χ2n) is 5.51. The Balaban J connectivity index is 1.73. The lowest BCUT2D eigenvalue weighted by molar-refractivity contribution is 0.613. The Bertz CT molecular complexity index is 424. The van der Waals surface area contributed by atoms with E-state index < -0.39 is 0 Å². The van der Waals surface area contributed by atoms with Gasteiger partial charge in [-0.25, -0.2) is 9.97 Å². The van der Waals surface area contributed by atoms with Crippen LogP contribution in [0, 0.1) is 0 Å². The molecule has 1 aliphatic carbocycles. The van der Waals surface area contributed by atoms with Crippen molar-refractivity contribution < 1.29 is 0 Å². The molecule has 0 atom stereocenters. The van der Waals surface area contributed by atoms with Gasteiger partial charge in [-0.15, -0.1) is 0 Å². The topological polar surface area (TPSA) is 37.8 Å². The summed E-state index contributed by atoms with van der Waals surface area (Å²) in [6.45, 7) is 4.21. The summed E-state index contributed by atoms with van der Waals surface area (Å²) in [5, 5.41) is 4.28. The number of thioether (sulfide) groups is 1. The van der Waals surface area contributed by atoms with E-state index in [-0.39, 0.29) is 0 Å². The molecule has 1 aromatic heterocycles. The second kappa shape index (κ2) is 6.23. The van der Waals surface area contributed by atoms with Gasteiger partial charge in [0.1, 0.15) is 5.82 Å². The van der Waals surface area contributed by atoms with Crippen LogP contribution in [0.25, 0.3) is 0 Å². The predicted octanol–water partition coefficient (Wildman–Crippen LogP) is 2.86. The fraction of sp³-hybridized carbons (Fsp3) is 0.733. The van der Waals surface area contributed by atoms with E-state index in [4.69, 9.17) is 9.97 Å². The summed E-state index contributed by atoms with van der Waals surface area (Å²) in [5.74, 6) is 2.06. The van der Waals surface area contributed by atoms with Crippen LogP contribution in [-0.2, 0) is 25.1 Å². The second-order valence-corrected chi connectivity index (χ2v) is 6.80. The Hall–Kier alpha value is -0.610. The Morgan fingerprint density at radius 1 is 1.26 bits per heavy atom. The zero-order valence-electron chi connectivity index (χ0n) is 11.7. The Labute approximate surface area is 120 Å². The Kier molecular flexibility index (Phi) is 4.38.